The third-order valence-corrected chi connectivity index (χ3v) is 4.93. The number of aryl methyl sites for hydroxylation is 1. The number of methoxy groups -OCH3 is 1. The van der Waals surface area contributed by atoms with Gasteiger partial charge in [0.1, 0.15) is 11.6 Å². The first-order valence-electron chi connectivity index (χ1n) is 7.93. The monoisotopic (exact) mass is 408 g/mol. The molecular formula is C19H15Cl2FN2O3. The van der Waals surface area contributed by atoms with Gasteiger partial charge >= 0.3 is 11.1 Å². The Balaban J connectivity index is 2.11. The zero-order chi connectivity index (χ0) is 19.7. The minimum absolute atomic E-state index is 0.137. The van der Waals surface area contributed by atoms with E-state index in [4.69, 9.17) is 27.9 Å². The predicted octanol–water partition coefficient (Wildman–Crippen LogP) is 3.81. The summed E-state index contributed by atoms with van der Waals surface area (Å²) in [6.45, 7) is 1.62. The molecule has 1 aromatic heterocycles. The maximum Gasteiger partial charge on any atom is 0.321 e. The fraction of sp³-hybridized carbons (Fsp3) is 0.158. The van der Waals surface area contributed by atoms with Gasteiger partial charge in [0, 0.05) is 34.1 Å². The van der Waals surface area contributed by atoms with Crippen molar-refractivity contribution < 1.29 is 9.13 Å². The molecule has 3 rings (SSSR count). The van der Waals surface area contributed by atoms with Crippen molar-refractivity contribution in [1.82, 2.24) is 9.13 Å². The third kappa shape index (κ3) is 3.63. The molecule has 0 bridgehead atoms. The smallest absolute Gasteiger partial charge is 0.321 e. The van der Waals surface area contributed by atoms with Gasteiger partial charge in [-0.2, -0.15) is 0 Å². The summed E-state index contributed by atoms with van der Waals surface area (Å²) in [5.74, 6) is -0.199. The molecule has 1 heterocycles. The van der Waals surface area contributed by atoms with Gasteiger partial charge < -0.3 is 9.30 Å². The van der Waals surface area contributed by atoms with E-state index in [9.17, 15) is 14.0 Å². The summed E-state index contributed by atoms with van der Waals surface area (Å²) in [4.78, 5) is 25.2. The highest BCUT2D eigenvalue weighted by atomic mass is 35.5. The Morgan fingerprint density at radius 2 is 1.81 bits per heavy atom. The number of benzene rings is 2. The summed E-state index contributed by atoms with van der Waals surface area (Å²) < 4.78 is 21.5. The number of aromatic nitrogens is 2. The Morgan fingerprint density at radius 1 is 1.07 bits per heavy atom. The normalized spacial score (nSPS) is 10.9. The lowest BCUT2D eigenvalue weighted by Crippen LogP contribution is -2.40. The maximum absolute atomic E-state index is 14.0. The molecule has 0 radical (unpaired) electrons. The summed E-state index contributed by atoms with van der Waals surface area (Å²) in [5, 5.41) is 0.659. The summed E-state index contributed by atoms with van der Waals surface area (Å²) in [6.07, 6.45) is 2.82. The average molecular weight is 409 g/mol. The van der Waals surface area contributed by atoms with Crippen molar-refractivity contribution in [1.29, 1.82) is 0 Å². The molecule has 140 valence electrons. The Morgan fingerprint density at radius 3 is 2.48 bits per heavy atom. The van der Waals surface area contributed by atoms with E-state index in [0.717, 1.165) is 10.1 Å². The highest BCUT2D eigenvalue weighted by Crippen LogP contribution is 2.28. The molecule has 3 aromatic rings. The van der Waals surface area contributed by atoms with Crippen molar-refractivity contribution >= 4 is 23.2 Å². The molecule has 0 spiro atoms. The standard InChI is InChI=1S/C19H15Cl2FN2O3/c1-11-8-16(17(27-2)9-14(11)21)24-7-6-23(18(25)19(24)26)10-12-13(20)4-3-5-15(12)22/h3-9H,10H2,1-2H3. The second kappa shape index (κ2) is 7.58. The van der Waals surface area contributed by atoms with Crippen LogP contribution in [-0.4, -0.2) is 16.2 Å². The number of rotatable bonds is 4. The van der Waals surface area contributed by atoms with Gasteiger partial charge in [0.05, 0.1) is 19.3 Å². The molecule has 5 nitrogen and oxygen atoms in total. The molecule has 0 aliphatic rings. The Kier molecular flexibility index (Phi) is 5.39. The fourth-order valence-electron chi connectivity index (χ4n) is 2.68. The lowest BCUT2D eigenvalue weighted by Gasteiger charge is -2.14. The molecule has 0 aliphatic heterocycles. The number of hydrogen-bond acceptors (Lipinski definition) is 3. The van der Waals surface area contributed by atoms with Crippen LogP contribution in [0.25, 0.3) is 5.69 Å². The van der Waals surface area contributed by atoms with Gasteiger partial charge in [0.15, 0.2) is 0 Å². The highest BCUT2D eigenvalue weighted by Gasteiger charge is 2.15. The molecular weight excluding hydrogens is 394 g/mol. The van der Waals surface area contributed by atoms with Crippen molar-refractivity contribution in [2.45, 2.75) is 13.5 Å². The van der Waals surface area contributed by atoms with Gasteiger partial charge in [-0.15, -0.1) is 0 Å². The second-order valence-electron chi connectivity index (χ2n) is 5.88. The van der Waals surface area contributed by atoms with E-state index in [2.05, 4.69) is 0 Å². The van der Waals surface area contributed by atoms with Crippen LogP contribution in [0.2, 0.25) is 10.0 Å². The van der Waals surface area contributed by atoms with Crippen LogP contribution in [0.4, 0.5) is 4.39 Å². The minimum Gasteiger partial charge on any atom is -0.495 e. The third-order valence-electron chi connectivity index (χ3n) is 4.17. The van der Waals surface area contributed by atoms with Crippen LogP contribution in [0.15, 0.2) is 52.3 Å². The van der Waals surface area contributed by atoms with E-state index in [1.54, 1.807) is 19.1 Å². The SMILES string of the molecule is COc1cc(Cl)c(C)cc1-n1ccn(Cc2c(F)cccc2Cl)c(=O)c1=O. The number of hydrogen-bond donors (Lipinski definition) is 0. The zero-order valence-corrected chi connectivity index (χ0v) is 16.0. The topological polar surface area (TPSA) is 53.2 Å². The number of halogens is 3. The van der Waals surface area contributed by atoms with Gasteiger partial charge in [-0.05, 0) is 30.7 Å². The van der Waals surface area contributed by atoms with E-state index in [1.165, 1.54) is 42.3 Å². The minimum atomic E-state index is -0.813. The number of nitrogens with zero attached hydrogens (tertiary/aromatic N) is 2. The van der Waals surface area contributed by atoms with Crippen LogP contribution in [0.5, 0.6) is 5.75 Å². The number of ether oxygens (including phenoxy) is 1. The summed E-state index contributed by atoms with van der Waals surface area (Å²) >= 11 is 12.1. The largest absolute Gasteiger partial charge is 0.495 e. The first kappa shape index (κ1) is 19.2. The highest BCUT2D eigenvalue weighted by molar-refractivity contribution is 6.31. The van der Waals surface area contributed by atoms with Crippen LogP contribution in [0.3, 0.4) is 0 Å². The van der Waals surface area contributed by atoms with Crippen LogP contribution in [0, 0.1) is 12.7 Å². The molecule has 0 aliphatic carbocycles. The Bertz CT molecular complexity index is 1120. The zero-order valence-electron chi connectivity index (χ0n) is 14.5. The van der Waals surface area contributed by atoms with E-state index < -0.39 is 16.9 Å². The van der Waals surface area contributed by atoms with Crippen molar-refractivity contribution in [3.05, 3.63) is 90.4 Å². The molecule has 0 N–H and O–H groups in total. The molecule has 0 saturated carbocycles. The molecule has 0 saturated heterocycles. The van der Waals surface area contributed by atoms with Crippen molar-refractivity contribution in [2.75, 3.05) is 7.11 Å². The first-order valence-corrected chi connectivity index (χ1v) is 8.68. The van der Waals surface area contributed by atoms with E-state index in [-0.39, 0.29) is 17.1 Å². The van der Waals surface area contributed by atoms with Gasteiger partial charge in [0.25, 0.3) is 0 Å². The molecule has 27 heavy (non-hydrogen) atoms. The van der Waals surface area contributed by atoms with Crippen molar-refractivity contribution in [2.24, 2.45) is 0 Å². The van der Waals surface area contributed by atoms with Crippen molar-refractivity contribution in [3.63, 3.8) is 0 Å². The predicted molar refractivity (Wildman–Crippen MR) is 103 cm³/mol. The van der Waals surface area contributed by atoms with E-state index in [1.807, 2.05) is 0 Å². The maximum atomic E-state index is 14.0. The summed E-state index contributed by atoms with van der Waals surface area (Å²) in [7, 11) is 1.44. The summed E-state index contributed by atoms with van der Waals surface area (Å²) in [5.41, 5.74) is -0.367. The quantitative estimate of drug-likeness (QED) is 0.616. The van der Waals surface area contributed by atoms with Crippen molar-refractivity contribution in [3.8, 4) is 11.4 Å². The van der Waals surface area contributed by atoms with Gasteiger partial charge in [-0.1, -0.05) is 29.3 Å². The van der Waals surface area contributed by atoms with Crippen LogP contribution in [-0.2, 0) is 6.54 Å². The molecule has 0 atom stereocenters. The first-order chi connectivity index (χ1) is 12.8. The Hall–Kier alpha value is -2.57. The lowest BCUT2D eigenvalue weighted by atomic mass is 10.2. The van der Waals surface area contributed by atoms with Crippen LogP contribution in [0.1, 0.15) is 11.1 Å². The molecule has 0 amide bonds. The average Bonchev–Trinajstić information content (AvgIpc) is 2.64. The van der Waals surface area contributed by atoms with Crippen LogP contribution < -0.4 is 15.9 Å². The van der Waals surface area contributed by atoms with Gasteiger partial charge in [0.2, 0.25) is 0 Å². The second-order valence-corrected chi connectivity index (χ2v) is 6.69. The van der Waals surface area contributed by atoms with E-state index >= 15 is 0 Å². The van der Waals surface area contributed by atoms with E-state index in [0.29, 0.717) is 16.5 Å². The van der Waals surface area contributed by atoms with Crippen LogP contribution >= 0.6 is 23.2 Å². The lowest BCUT2D eigenvalue weighted by molar-refractivity contribution is 0.412. The molecule has 0 unspecified atom stereocenters. The van der Waals surface area contributed by atoms with Gasteiger partial charge in [-0.25, -0.2) is 4.39 Å². The van der Waals surface area contributed by atoms with Gasteiger partial charge in [-0.3, -0.25) is 14.2 Å². The Labute approximate surface area is 164 Å². The molecule has 0 fully saturated rings. The summed E-state index contributed by atoms with van der Waals surface area (Å²) in [6, 6.07) is 7.46. The molecule has 8 heteroatoms. The molecule has 2 aromatic carbocycles. The fourth-order valence-corrected chi connectivity index (χ4v) is 3.05.